The van der Waals surface area contributed by atoms with Crippen LogP contribution in [0.25, 0.3) is 0 Å². The van der Waals surface area contributed by atoms with E-state index in [2.05, 4.69) is 5.32 Å². The van der Waals surface area contributed by atoms with Gasteiger partial charge < -0.3 is 5.32 Å². The first-order valence-electron chi connectivity index (χ1n) is 6.17. The molecule has 1 amide bonds. The van der Waals surface area contributed by atoms with E-state index in [4.69, 9.17) is 0 Å². The number of rotatable bonds is 6. The minimum atomic E-state index is -0.375. The highest BCUT2D eigenvalue weighted by atomic mass is 32.1. The summed E-state index contributed by atoms with van der Waals surface area (Å²) in [6.07, 6.45) is 0.260. The Morgan fingerprint density at radius 3 is 2.75 bits per heavy atom. The van der Waals surface area contributed by atoms with E-state index in [9.17, 15) is 14.9 Å². The van der Waals surface area contributed by atoms with Gasteiger partial charge in [-0.1, -0.05) is 24.3 Å². The Hall–Kier alpha value is -2.21. The SMILES string of the molecule is O=C(NCc1cccs1)c1ccccc1CC[N+](=O)[O-]. The van der Waals surface area contributed by atoms with Crippen LogP contribution in [0.15, 0.2) is 41.8 Å². The molecule has 6 heteroatoms. The Balaban J connectivity index is 2.03. The maximum Gasteiger partial charge on any atom is 0.251 e. The van der Waals surface area contributed by atoms with Gasteiger partial charge in [0.15, 0.2) is 0 Å². The van der Waals surface area contributed by atoms with E-state index in [1.807, 2.05) is 17.5 Å². The van der Waals surface area contributed by atoms with E-state index in [1.54, 1.807) is 35.6 Å². The summed E-state index contributed by atoms with van der Waals surface area (Å²) in [6.45, 7) is 0.301. The van der Waals surface area contributed by atoms with E-state index in [-0.39, 0.29) is 23.8 Å². The molecule has 0 saturated carbocycles. The van der Waals surface area contributed by atoms with Crippen LogP contribution in [-0.2, 0) is 13.0 Å². The van der Waals surface area contributed by atoms with Gasteiger partial charge in [0.25, 0.3) is 5.91 Å². The number of nitrogens with zero attached hydrogens (tertiary/aromatic N) is 1. The van der Waals surface area contributed by atoms with E-state index in [1.165, 1.54) is 0 Å². The minimum absolute atomic E-state index is 0.171. The van der Waals surface area contributed by atoms with Crippen molar-refractivity contribution in [3.8, 4) is 0 Å². The average molecular weight is 290 g/mol. The predicted octanol–water partition coefficient (Wildman–Crippen LogP) is 2.50. The molecule has 1 heterocycles. The predicted molar refractivity (Wildman–Crippen MR) is 77.5 cm³/mol. The van der Waals surface area contributed by atoms with Gasteiger partial charge in [0.2, 0.25) is 6.54 Å². The van der Waals surface area contributed by atoms with Gasteiger partial charge in [-0.3, -0.25) is 14.9 Å². The third kappa shape index (κ3) is 3.89. The molecule has 0 aliphatic heterocycles. The molecule has 5 nitrogen and oxygen atoms in total. The smallest absolute Gasteiger partial charge is 0.251 e. The summed E-state index contributed by atoms with van der Waals surface area (Å²) in [7, 11) is 0. The average Bonchev–Trinajstić information content (AvgIpc) is 2.96. The molecule has 0 fully saturated rings. The normalized spacial score (nSPS) is 10.2. The molecule has 0 radical (unpaired) electrons. The van der Waals surface area contributed by atoms with Crippen LogP contribution in [0.2, 0.25) is 0 Å². The fourth-order valence-corrected chi connectivity index (χ4v) is 2.49. The number of carbonyl (C=O) groups excluding carboxylic acids is 1. The number of benzene rings is 1. The highest BCUT2D eigenvalue weighted by Crippen LogP contribution is 2.11. The third-order valence-electron chi connectivity index (χ3n) is 2.83. The van der Waals surface area contributed by atoms with Crippen molar-refractivity contribution >= 4 is 17.2 Å². The maximum absolute atomic E-state index is 12.1. The lowest BCUT2D eigenvalue weighted by molar-refractivity contribution is -0.479. The van der Waals surface area contributed by atoms with E-state index in [0.717, 1.165) is 4.88 Å². The number of hydrogen-bond donors (Lipinski definition) is 1. The van der Waals surface area contributed by atoms with Crippen molar-refractivity contribution in [2.75, 3.05) is 6.54 Å². The summed E-state index contributed by atoms with van der Waals surface area (Å²) in [5, 5.41) is 15.2. The van der Waals surface area contributed by atoms with Crippen LogP contribution in [0.3, 0.4) is 0 Å². The first-order chi connectivity index (χ1) is 9.66. The van der Waals surface area contributed by atoms with Gasteiger partial charge in [0.1, 0.15) is 0 Å². The van der Waals surface area contributed by atoms with E-state index >= 15 is 0 Å². The highest BCUT2D eigenvalue weighted by molar-refractivity contribution is 7.09. The number of nitrogens with one attached hydrogen (secondary N) is 1. The van der Waals surface area contributed by atoms with Gasteiger partial charge in [-0.25, -0.2) is 0 Å². The number of carbonyl (C=O) groups is 1. The molecule has 1 aromatic carbocycles. The maximum atomic E-state index is 12.1. The summed E-state index contributed by atoms with van der Waals surface area (Å²) in [6, 6.07) is 10.9. The van der Waals surface area contributed by atoms with Crippen molar-refractivity contribution in [1.29, 1.82) is 0 Å². The van der Waals surface area contributed by atoms with Crippen molar-refractivity contribution in [2.24, 2.45) is 0 Å². The Kier molecular flexibility index (Phi) is 4.84. The summed E-state index contributed by atoms with van der Waals surface area (Å²) in [5.41, 5.74) is 1.21. The van der Waals surface area contributed by atoms with Crippen molar-refractivity contribution in [3.05, 3.63) is 67.9 Å². The monoisotopic (exact) mass is 290 g/mol. The molecule has 0 unspecified atom stereocenters. The first kappa shape index (κ1) is 14.2. The molecular formula is C14H14N2O3S. The number of amides is 1. The molecule has 0 aliphatic carbocycles. The van der Waals surface area contributed by atoms with Crippen LogP contribution in [0.4, 0.5) is 0 Å². The zero-order chi connectivity index (χ0) is 14.4. The summed E-state index contributed by atoms with van der Waals surface area (Å²) in [4.78, 5) is 23.3. The fraction of sp³-hybridized carbons (Fsp3) is 0.214. The van der Waals surface area contributed by atoms with Gasteiger partial charge in [-0.15, -0.1) is 11.3 Å². The van der Waals surface area contributed by atoms with Gasteiger partial charge in [0.05, 0.1) is 6.54 Å². The lowest BCUT2D eigenvalue weighted by Crippen LogP contribution is -2.24. The molecule has 1 N–H and O–H groups in total. The van der Waals surface area contributed by atoms with Crippen LogP contribution in [0, 0.1) is 10.1 Å². The first-order valence-corrected chi connectivity index (χ1v) is 7.05. The molecule has 0 aliphatic rings. The van der Waals surface area contributed by atoms with Crippen LogP contribution < -0.4 is 5.32 Å². The van der Waals surface area contributed by atoms with Gasteiger partial charge in [-0.05, 0) is 23.1 Å². The molecule has 0 saturated heterocycles. The Morgan fingerprint density at radius 2 is 2.05 bits per heavy atom. The highest BCUT2D eigenvalue weighted by Gasteiger charge is 2.12. The standard InChI is InChI=1S/C14H14N2O3S/c17-14(15-10-12-5-3-9-20-12)13-6-2-1-4-11(13)7-8-16(18)19/h1-6,9H,7-8,10H2,(H,15,17). The lowest BCUT2D eigenvalue weighted by Gasteiger charge is -2.08. The zero-order valence-electron chi connectivity index (χ0n) is 10.7. The number of nitro groups is 1. The van der Waals surface area contributed by atoms with Crippen LogP contribution >= 0.6 is 11.3 Å². The topological polar surface area (TPSA) is 72.2 Å². The minimum Gasteiger partial charge on any atom is -0.347 e. The van der Waals surface area contributed by atoms with E-state index < -0.39 is 0 Å². The van der Waals surface area contributed by atoms with Crippen LogP contribution in [0.1, 0.15) is 20.8 Å². The second-order valence-electron chi connectivity index (χ2n) is 4.23. The molecule has 0 spiro atoms. The zero-order valence-corrected chi connectivity index (χ0v) is 11.6. The molecule has 0 atom stereocenters. The van der Waals surface area contributed by atoms with E-state index in [0.29, 0.717) is 17.7 Å². The Bertz CT molecular complexity index is 596. The Labute approximate surface area is 120 Å². The second kappa shape index (κ2) is 6.81. The lowest BCUT2D eigenvalue weighted by atomic mass is 10.0. The summed E-state index contributed by atoms with van der Waals surface area (Å²) in [5.74, 6) is -0.197. The fourth-order valence-electron chi connectivity index (χ4n) is 1.85. The molecule has 104 valence electrons. The largest absolute Gasteiger partial charge is 0.347 e. The van der Waals surface area contributed by atoms with Crippen molar-refractivity contribution in [2.45, 2.75) is 13.0 Å². The number of thiophene rings is 1. The van der Waals surface area contributed by atoms with Gasteiger partial charge in [0, 0.05) is 21.8 Å². The second-order valence-corrected chi connectivity index (χ2v) is 5.26. The quantitative estimate of drug-likeness (QED) is 0.656. The molecule has 2 rings (SSSR count). The molecule has 20 heavy (non-hydrogen) atoms. The summed E-state index contributed by atoms with van der Waals surface area (Å²) < 4.78 is 0. The molecule has 1 aromatic heterocycles. The van der Waals surface area contributed by atoms with Gasteiger partial charge in [-0.2, -0.15) is 0 Å². The Morgan fingerprint density at radius 1 is 1.25 bits per heavy atom. The van der Waals surface area contributed by atoms with Crippen LogP contribution in [0.5, 0.6) is 0 Å². The molecular weight excluding hydrogens is 276 g/mol. The molecule has 0 bridgehead atoms. The summed E-state index contributed by atoms with van der Waals surface area (Å²) >= 11 is 1.57. The van der Waals surface area contributed by atoms with Crippen LogP contribution in [-0.4, -0.2) is 17.4 Å². The van der Waals surface area contributed by atoms with Crippen molar-refractivity contribution < 1.29 is 9.72 Å². The van der Waals surface area contributed by atoms with Crippen molar-refractivity contribution in [1.82, 2.24) is 5.32 Å². The number of hydrogen-bond acceptors (Lipinski definition) is 4. The molecule has 2 aromatic rings. The van der Waals surface area contributed by atoms with Crippen molar-refractivity contribution in [3.63, 3.8) is 0 Å². The van der Waals surface area contributed by atoms with Gasteiger partial charge >= 0.3 is 0 Å². The third-order valence-corrected chi connectivity index (χ3v) is 3.71.